The maximum atomic E-state index is 12.3. The van der Waals surface area contributed by atoms with Crippen molar-refractivity contribution < 1.29 is 29.2 Å². The van der Waals surface area contributed by atoms with Crippen molar-refractivity contribution in [1.29, 1.82) is 0 Å². The van der Waals surface area contributed by atoms with Crippen LogP contribution in [-0.4, -0.2) is 54.6 Å². The zero-order chi connectivity index (χ0) is 24.5. The monoisotopic (exact) mass is 475 g/mol. The molecule has 2 amide bonds. The van der Waals surface area contributed by atoms with Crippen LogP contribution in [0.4, 0.5) is 0 Å². The van der Waals surface area contributed by atoms with Crippen LogP contribution in [0.5, 0.6) is 5.75 Å². The first-order chi connectivity index (χ1) is 15.5. The van der Waals surface area contributed by atoms with Gasteiger partial charge < -0.3 is 31.0 Å². The van der Waals surface area contributed by atoms with Crippen molar-refractivity contribution in [3.8, 4) is 5.75 Å². The van der Waals surface area contributed by atoms with Gasteiger partial charge in [-0.3, -0.25) is 9.59 Å². The second-order valence-electron chi connectivity index (χ2n) is 8.54. The molecule has 33 heavy (non-hydrogen) atoms. The molecule has 2 fully saturated rings. The molecule has 0 saturated carbocycles. The maximum absolute atomic E-state index is 12.3. The number of carbonyl (C=O) groups is 3. The fourth-order valence-corrected chi connectivity index (χ4v) is 5.51. The van der Waals surface area contributed by atoms with Crippen LogP contribution in [0.15, 0.2) is 43.0 Å². The number of thioether (sulfide) groups is 1. The first-order valence-electron chi connectivity index (χ1n) is 10.5. The number of phenolic OH excluding ortho intramolecular Hbond substituents is 1. The Morgan fingerprint density at radius 1 is 1.33 bits per heavy atom. The van der Waals surface area contributed by atoms with Crippen molar-refractivity contribution in [2.45, 2.75) is 55.6 Å². The van der Waals surface area contributed by atoms with Crippen molar-refractivity contribution in [3.05, 3.63) is 48.5 Å². The normalized spacial score (nSPS) is 23.6. The minimum absolute atomic E-state index is 0.0547. The second kappa shape index (κ2) is 9.44. The second-order valence-corrected chi connectivity index (χ2v) is 10.3. The van der Waals surface area contributed by atoms with E-state index < -0.39 is 46.0 Å². The largest absolute Gasteiger partial charge is 0.548 e. The van der Waals surface area contributed by atoms with Crippen LogP contribution < -0.4 is 20.7 Å². The smallest absolute Gasteiger partial charge is 0.249 e. The van der Waals surface area contributed by atoms with E-state index >= 15 is 0 Å². The van der Waals surface area contributed by atoms with E-state index in [1.807, 2.05) is 17.8 Å². The van der Waals surface area contributed by atoms with E-state index in [0.29, 0.717) is 5.56 Å². The van der Waals surface area contributed by atoms with E-state index in [1.165, 1.54) is 40.9 Å². The number of carbonyl (C=O) groups excluding carboxylic acids is 3. The Labute approximate surface area is 196 Å². The number of nitrogens with one attached hydrogen (secondary N) is 1. The molecule has 11 heteroatoms. The van der Waals surface area contributed by atoms with E-state index in [4.69, 9.17) is 5.73 Å². The lowest BCUT2D eigenvalue weighted by atomic mass is 9.95. The fraction of sp³-hybridized carbons (Fsp3) is 0.455. The first-order valence-corrected chi connectivity index (χ1v) is 11.4. The third kappa shape index (κ3) is 4.98. The molecule has 2 aliphatic heterocycles. The maximum Gasteiger partial charge on any atom is 0.249 e. The van der Waals surface area contributed by atoms with Crippen LogP contribution >= 0.6 is 11.8 Å². The molecule has 2 aromatic rings. The molecule has 1 aromatic carbocycles. The fourth-order valence-electron chi connectivity index (χ4n) is 3.89. The predicted molar refractivity (Wildman–Crippen MR) is 119 cm³/mol. The first kappa shape index (κ1) is 24.6. The molecule has 0 spiro atoms. The van der Waals surface area contributed by atoms with Crippen molar-refractivity contribution in [2.24, 2.45) is 12.8 Å². The number of carboxylic acids is 1. The number of aliphatic carboxylic acids is 1. The molecule has 0 aliphatic carbocycles. The van der Waals surface area contributed by atoms with Gasteiger partial charge in [0.2, 0.25) is 18.1 Å². The summed E-state index contributed by atoms with van der Waals surface area (Å²) in [6, 6.07) is 3.02. The summed E-state index contributed by atoms with van der Waals surface area (Å²) in [4.78, 5) is 37.3. The van der Waals surface area contributed by atoms with Gasteiger partial charge in [-0.05, 0) is 38.5 Å². The van der Waals surface area contributed by atoms with E-state index in [1.54, 1.807) is 13.8 Å². The Bertz CT molecular complexity index is 1040. The molecule has 0 bridgehead atoms. The number of phenols is 1. The lowest BCUT2D eigenvalue weighted by Gasteiger charge is -2.45. The third-order valence-corrected chi connectivity index (χ3v) is 7.26. The summed E-state index contributed by atoms with van der Waals surface area (Å²) in [5, 5.41) is 22.8. The average Bonchev–Trinajstić information content (AvgIpc) is 3.30. The Morgan fingerprint density at radius 2 is 1.97 bits per heavy atom. The summed E-state index contributed by atoms with van der Waals surface area (Å²) in [5.41, 5.74) is 6.39. The number of aryl methyl sites for hydroxylation is 2. The number of nitrogens with zero attached hydrogens (tertiary/aromatic N) is 3. The van der Waals surface area contributed by atoms with Crippen molar-refractivity contribution >= 4 is 29.5 Å². The quantitative estimate of drug-likeness (QED) is 0.372. The number of hydrogen-bond acceptors (Lipinski definition) is 7. The van der Waals surface area contributed by atoms with Gasteiger partial charge in [0.25, 0.3) is 0 Å². The van der Waals surface area contributed by atoms with Gasteiger partial charge in [-0.25, -0.2) is 9.13 Å². The van der Waals surface area contributed by atoms with Gasteiger partial charge in [0.05, 0.1) is 25.6 Å². The number of fused-ring (bicyclic) bond motifs is 1. The number of aromatic nitrogens is 2. The molecule has 4 rings (SSSR count). The topological polar surface area (TPSA) is 145 Å². The predicted octanol–water partition coefficient (Wildman–Crippen LogP) is -0.978. The lowest BCUT2D eigenvalue weighted by molar-refractivity contribution is -0.671. The molecule has 178 valence electrons. The minimum Gasteiger partial charge on any atom is -0.548 e. The van der Waals surface area contributed by atoms with Gasteiger partial charge in [0.1, 0.15) is 35.6 Å². The summed E-state index contributed by atoms with van der Waals surface area (Å²) >= 11 is 1.31. The zero-order valence-electron chi connectivity index (χ0n) is 19.0. The summed E-state index contributed by atoms with van der Waals surface area (Å²) < 4.78 is 3.45. The van der Waals surface area contributed by atoms with Crippen LogP contribution in [0.1, 0.15) is 32.4 Å². The number of hydrogen-bond donors (Lipinski definition) is 3. The van der Waals surface area contributed by atoms with Gasteiger partial charge in [-0.15, -0.1) is 11.8 Å². The molecule has 4 atom stereocenters. The van der Waals surface area contributed by atoms with Gasteiger partial charge in [-0.2, -0.15) is 0 Å². The number of aromatic hydroxyl groups is 1. The van der Waals surface area contributed by atoms with Gasteiger partial charge >= 0.3 is 0 Å². The number of rotatable bonds is 5. The van der Waals surface area contributed by atoms with E-state index in [2.05, 4.69) is 29.3 Å². The molecule has 0 unspecified atom stereocenters. The average molecular weight is 476 g/mol. The molecule has 1 aromatic heterocycles. The van der Waals surface area contributed by atoms with Gasteiger partial charge in [0.15, 0.2) is 0 Å². The molecule has 3 heterocycles. The molecular weight excluding hydrogens is 446 g/mol. The van der Waals surface area contributed by atoms with Crippen LogP contribution in [0.3, 0.4) is 0 Å². The summed E-state index contributed by atoms with van der Waals surface area (Å²) in [6.07, 6.45) is 6.14. The number of amides is 2. The molecule has 10 nitrogen and oxygen atoms in total. The van der Waals surface area contributed by atoms with E-state index in [0.717, 1.165) is 6.54 Å². The third-order valence-electron chi connectivity index (χ3n) is 5.69. The Kier molecular flexibility index (Phi) is 7.03. The molecule has 4 N–H and O–H groups in total. The summed E-state index contributed by atoms with van der Waals surface area (Å²) in [5.74, 6) is -2.25. The van der Waals surface area contributed by atoms with Crippen LogP contribution in [0.2, 0.25) is 0 Å². The lowest BCUT2D eigenvalue weighted by Crippen LogP contribution is -2.72. The number of benzene rings is 1. The molecule has 2 aliphatic rings. The van der Waals surface area contributed by atoms with Crippen LogP contribution in [0, 0.1) is 0 Å². The highest BCUT2D eigenvalue weighted by Crippen LogP contribution is 2.50. The molecule has 0 radical (unpaired) electrons. The van der Waals surface area contributed by atoms with Crippen molar-refractivity contribution in [2.75, 3.05) is 0 Å². The van der Waals surface area contributed by atoms with Gasteiger partial charge in [-0.1, -0.05) is 12.1 Å². The highest BCUT2D eigenvalue weighted by atomic mass is 32.2. The highest BCUT2D eigenvalue weighted by Gasteiger charge is 2.62. The summed E-state index contributed by atoms with van der Waals surface area (Å²) in [7, 11) is 2.02. The van der Waals surface area contributed by atoms with E-state index in [9.17, 15) is 24.6 Å². The molecule has 2 saturated heterocycles. The van der Waals surface area contributed by atoms with Crippen molar-refractivity contribution in [3.63, 3.8) is 0 Å². The SMILES string of the molecule is CC1(C)S[C@@H]2[C@H](NC(=O)[C@H](N)c3ccc(O)cc3)C(=O)N2[C@H]1C(=O)[O-].CCn1cc[n+](C)c1. The van der Waals surface area contributed by atoms with Gasteiger partial charge in [0, 0.05) is 4.75 Å². The Balaban J connectivity index is 0.000000323. The number of nitrogens with two attached hydrogens (primary N) is 1. The van der Waals surface area contributed by atoms with Crippen molar-refractivity contribution in [1.82, 2.24) is 14.8 Å². The molecular formula is C22H29N5O5S. The van der Waals surface area contributed by atoms with Crippen LogP contribution in [0.25, 0.3) is 0 Å². The number of imidazole rings is 1. The van der Waals surface area contributed by atoms with Crippen LogP contribution in [-0.2, 0) is 28.0 Å². The minimum atomic E-state index is -1.31. The zero-order valence-corrected chi connectivity index (χ0v) is 19.8. The highest BCUT2D eigenvalue weighted by molar-refractivity contribution is 8.01. The standard InChI is InChI=1S/C16H19N3O5S.C6H11N2/c1-16(2)11(15(23)24)19-13(22)10(14(19)25-16)18-12(21)9(17)7-3-5-8(20)6-4-7;1-3-8-5-4-7(2)6-8/h3-6,9-11,14,20H,17H2,1-2H3,(H,18,21)(H,23,24);4-6H,3H2,1-2H3/q;+1/p-1/t9-,10-,11+,14-;/m1./s1. The number of carboxylic acid groups (broad SMARTS) is 1. The Hall–Kier alpha value is -3.05. The van der Waals surface area contributed by atoms with E-state index in [-0.39, 0.29) is 5.75 Å². The Morgan fingerprint density at radius 3 is 2.45 bits per heavy atom. The number of β-lactam (4-membered cyclic amide) rings is 1. The summed E-state index contributed by atoms with van der Waals surface area (Å²) in [6.45, 7) is 6.64.